The summed E-state index contributed by atoms with van der Waals surface area (Å²) in [6.07, 6.45) is 0. The number of imidazole rings is 1. The Hall–Kier alpha value is -2.25. The third kappa shape index (κ3) is 3.24. The molecule has 1 aromatic carbocycles. The minimum atomic E-state index is -0.402. The van der Waals surface area contributed by atoms with E-state index in [1.54, 1.807) is 7.05 Å². The van der Waals surface area contributed by atoms with Crippen molar-refractivity contribution in [2.45, 2.75) is 18.6 Å². The topological polar surface area (TPSA) is 61.8 Å². The molecule has 3 rings (SSSR count). The second kappa shape index (κ2) is 7.17. The number of fused-ring (bicyclic) bond motifs is 1. The number of benzene rings is 1. The molecule has 6 nitrogen and oxygen atoms in total. The van der Waals surface area contributed by atoms with Crippen LogP contribution in [-0.2, 0) is 20.6 Å². The van der Waals surface area contributed by atoms with Crippen LogP contribution >= 0.6 is 23.4 Å². The minimum Gasteiger partial charge on any atom is -0.309 e. The molecule has 136 valence electrons. The van der Waals surface area contributed by atoms with Crippen molar-refractivity contribution in [3.8, 4) is 0 Å². The first kappa shape index (κ1) is 18.5. The van der Waals surface area contributed by atoms with Gasteiger partial charge >= 0.3 is 5.69 Å². The average molecular weight is 391 g/mol. The highest BCUT2D eigenvalue weighted by Gasteiger charge is 2.20. The van der Waals surface area contributed by atoms with Crippen molar-refractivity contribution in [3.05, 3.63) is 67.8 Å². The van der Waals surface area contributed by atoms with Crippen LogP contribution in [0, 0.1) is 0 Å². The lowest BCUT2D eigenvalue weighted by molar-refractivity contribution is 0.696. The van der Waals surface area contributed by atoms with Crippen LogP contribution in [0.2, 0.25) is 5.02 Å². The molecule has 0 aliphatic heterocycles. The molecule has 0 atom stereocenters. The molecule has 2 aromatic heterocycles. The van der Waals surface area contributed by atoms with E-state index in [-0.39, 0.29) is 5.56 Å². The molecule has 26 heavy (non-hydrogen) atoms. The zero-order valence-electron chi connectivity index (χ0n) is 14.8. The lowest BCUT2D eigenvalue weighted by Crippen LogP contribution is -2.37. The summed E-state index contributed by atoms with van der Waals surface area (Å²) >= 11 is 7.79. The molecule has 0 saturated heterocycles. The number of rotatable bonds is 5. The van der Waals surface area contributed by atoms with Gasteiger partial charge in [-0.2, -0.15) is 0 Å². The van der Waals surface area contributed by atoms with Gasteiger partial charge in [0, 0.05) is 24.9 Å². The van der Waals surface area contributed by atoms with Gasteiger partial charge in [0.25, 0.3) is 5.56 Å². The lowest BCUT2D eigenvalue weighted by atomic mass is 10.2. The largest absolute Gasteiger partial charge is 0.332 e. The normalized spacial score (nSPS) is 11.2. The van der Waals surface area contributed by atoms with Crippen molar-refractivity contribution in [2.24, 2.45) is 14.1 Å². The van der Waals surface area contributed by atoms with Gasteiger partial charge in [0.05, 0.1) is 6.54 Å². The lowest BCUT2D eigenvalue weighted by Gasteiger charge is -2.10. The summed E-state index contributed by atoms with van der Waals surface area (Å²) in [6, 6.07) is 7.48. The van der Waals surface area contributed by atoms with Crippen LogP contribution in [0.1, 0.15) is 12.5 Å². The van der Waals surface area contributed by atoms with Crippen LogP contribution in [0.5, 0.6) is 0 Å². The second-order valence-electron chi connectivity index (χ2n) is 6.20. The van der Waals surface area contributed by atoms with Gasteiger partial charge in [-0.1, -0.05) is 53.7 Å². The third-order valence-electron chi connectivity index (χ3n) is 4.05. The summed E-state index contributed by atoms with van der Waals surface area (Å²) in [7, 11) is 3.09. The third-order valence-corrected chi connectivity index (χ3v) is 5.62. The molecule has 0 N–H and O–H groups in total. The fourth-order valence-corrected chi connectivity index (χ4v) is 3.70. The van der Waals surface area contributed by atoms with Crippen LogP contribution < -0.4 is 11.2 Å². The quantitative estimate of drug-likeness (QED) is 0.496. The van der Waals surface area contributed by atoms with Gasteiger partial charge in [-0.15, -0.1) is 0 Å². The van der Waals surface area contributed by atoms with E-state index in [0.717, 1.165) is 15.7 Å². The van der Waals surface area contributed by atoms with E-state index in [1.165, 1.54) is 23.4 Å². The fraction of sp³-hybridized carbons (Fsp3) is 0.278. The van der Waals surface area contributed by atoms with E-state index in [0.29, 0.717) is 33.6 Å². The summed E-state index contributed by atoms with van der Waals surface area (Å²) < 4.78 is 4.32. The first-order valence-corrected chi connectivity index (χ1v) is 9.34. The molecule has 0 aliphatic carbocycles. The molecule has 0 aliphatic rings. The number of hydrogen-bond acceptors (Lipinski definition) is 4. The Balaban J connectivity index is 2.28. The maximum Gasteiger partial charge on any atom is 0.332 e. The first-order chi connectivity index (χ1) is 12.3. The molecule has 0 bridgehead atoms. The number of nitrogens with zero attached hydrogens (tertiary/aromatic N) is 4. The monoisotopic (exact) mass is 390 g/mol. The Labute approximate surface area is 159 Å². The Morgan fingerprint density at radius 3 is 2.58 bits per heavy atom. The Morgan fingerprint density at radius 2 is 1.92 bits per heavy atom. The van der Waals surface area contributed by atoms with Crippen molar-refractivity contribution < 1.29 is 0 Å². The molecule has 0 spiro atoms. The number of halogens is 1. The number of thioether (sulfide) groups is 1. The van der Waals surface area contributed by atoms with E-state index in [4.69, 9.17) is 11.6 Å². The zero-order valence-corrected chi connectivity index (χ0v) is 16.4. The van der Waals surface area contributed by atoms with Crippen molar-refractivity contribution in [3.63, 3.8) is 0 Å². The van der Waals surface area contributed by atoms with Crippen molar-refractivity contribution >= 4 is 34.5 Å². The summed E-state index contributed by atoms with van der Waals surface area (Å²) in [5.74, 6) is 0.667. The van der Waals surface area contributed by atoms with Crippen LogP contribution in [0.25, 0.3) is 11.2 Å². The van der Waals surface area contributed by atoms with Gasteiger partial charge in [-0.3, -0.25) is 13.9 Å². The Morgan fingerprint density at radius 1 is 1.23 bits per heavy atom. The molecule has 8 heteroatoms. The average Bonchev–Trinajstić information content (AvgIpc) is 2.97. The summed E-state index contributed by atoms with van der Waals surface area (Å²) in [4.78, 5) is 29.6. The van der Waals surface area contributed by atoms with E-state index >= 15 is 0 Å². The van der Waals surface area contributed by atoms with Gasteiger partial charge in [0.2, 0.25) is 0 Å². The molecular formula is C18H19ClN4O2S. The van der Waals surface area contributed by atoms with Crippen LogP contribution in [0.15, 0.2) is 51.2 Å². The minimum absolute atomic E-state index is 0.370. The van der Waals surface area contributed by atoms with Gasteiger partial charge in [-0.05, 0) is 18.6 Å². The molecule has 3 aromatic rings. The van der Waals surface area contributed by atoms with Crippen LogP contribution in [-0.4, -0.2) is 24.4 Å². The fourth-order valence-electron chi connectivity index (χ4n) is 2.67. The standard InChI is InChI=1S/C18H19ClN4O2S/c1-11(2)10-26-17-20-15-14(16(24)22(4)18(25)21(15)3)23(17)9-12-7-5-6-8-13(12)19/h5-8H,1,9-10H2,2-4H3. The van der Waals surface area contributed by atoms with Gasteiger partial charge < -0.3 is 4.57 Å². The second-order valence-corrected chi connectivity index (χ2v) is 7.55. The van der Waals surface area contributed by atoms with Crippen molar-refractivity contribution in [2.75, 3.05) is 5.75 Å². The SMILES string of the molecule is C=C(C)CSc1nc2c(c(=O)n(C)c(=O)n2C)n1Cc1ccccc1Cl. The maximum absolute atomic E-state index is 12.8. The molecule has 0 fully saturated rings. The molecule has 0 radical (unpaired) electrons. The Bertz CT molecular complexity index is 1130. The number of aromatic nitrogens is 4. The molecular weight excluding hydrogens is 372 g/mol. The predicted octanol–water partition coefficient (Wildman–Crippen LogP) is 2.80. The van der Waals surface area contributed by atoms with Crippen LogP contribution in [0.3, 0.4) is 0 Å². The van der Waals surface area contributed by atoms with Crippen molar-refractivity contribution in [1.29, 1.82) is 0 Å². The highest BCUT2D eigenvalue weighted by Crippen LogP contribution is 2.26. The highest BCUT2D eigenvalue weighted by molar-refractivity contribution is 7.99. The maximum atomic E-state index is 12.8. The van der Waals surface area contributed by atoms with E-state index in [9.17, 15) is 9.59 Å². The number of hydrogen-bond donors (Lipinski definition) is 0. The molecule has 0 amide bonds. The van der Waals surface area contributed by atoms with Crippen LogP contribution in [0.4, 0.5) is 0 Å². The summed E-state index contributed by atoms with van der Waals surface area (Å²) in [5, 5.41) is 1.27. The van der Waals surface area contributed by atoms with Gasteiger partial charge in [0.15, 0.2) is 16.3 Å². The predicted molar refractivity (Wildman–Crippen MR) is 106 cm³/mol. The summed E-state index contributed by atoms with van der Waals surface area (Å²) in [6.45, 7) is 6.24. The molecule has 0 unspecified atom stereocenters. The molecule has 0 saturated carbocycles. The van der Waals surface area contributed by atoms with Crippen molar-refractivity contribution in [1.82, 2.24) is 18.7 Å². The number of aryl methyl sites for hydroxylation is 1. The highest BCUT2D eigenvalue weighted by atomic mass is 35.5. The van der Waals surface area contributed by atoms with Gasteiger partial charge in [0.1, 0.15) is 0 Å². The van der Waals surface area contributed by atoms with E-state index < -0.39 is 5.69 Å². The smallest absolute Gasteiger partial charge is 0.309 e. The van der Waals surface area contributed by atoms with E-state index in [1.807, 2.05) is 35.8 Å². The van der Waals surface area contributed by atoms with Gasteiger partial charge in [-0.25, -0.2) is 9.78 Å². The Kier molecular flexibility index (Phi) is 5.11. The van der Waals surface area contributed by atoms with E-state index in [2.05, 4.69) is 11.6 Å². The first-order valence-electron chi connectivity index (χ1n) is 7.98. The summed E-state index contributed by atoms with van der Waals surface area (Å²) in [5.41, 5.74) is 1.86. The molecule has 2 heterocycles. The zero-order chi connectivity index (χ0) is 19.0.